The quantitative estimate of drug-likeness (QED) is 0.591. The second-order valence-electron chi connectivity index (χ2n) is 6.30. The number of anilines is 2. The van der Waals surface area contributed by atoms with Gasteiger partial charge < -0.3 is 15.5 Å². The monoisotopic (exact) mass is 344 g/mol. The van der Waals surface area contributed by atoms with Gasteiger partial charge in [-0.05, 0) is 37.1 Å². The standard InChI is InChI=1S/C20H20N6/c1-13-6-5-7-16(14(13)2)17-10-18(25-20(21)24-17)22-11-15-12-26-9-4-3-8-19(26)23-15/h3-10,12H,11H2,1-2H3,(H3,21,22,24,25). The molecule has 3 N–H and O–H groups in total. The zero-order valence-electron chi connectivity index (χ0n) is 14.8. The molecular formula is C20H20N6. The molecule has 0 spiro atoms. The van der Waals surface area contributed by atoms with Crippen molar-refractivity contribution in [3.8, 4) is 11.3 Å². The lowest BCUT2D eigenvalue weighted by Crippen LogP contribution is -2.06. The van der Waals surface area contributed by atoms with E-state index in [2.05, 4.69) is 46.2 Å². The van der Waals surface area contributed by atoms with Gasteiger partial charge in [-0.1, -0.05) is 24.3 Å². The molecule has 4 rings (SSSR count). The molecule has 4 aromatic rings. The molecule has 0 saturated carbocycles. The average molecular weight is 344 g/mol. The molecule has 6 nitrogen and oxygen atoms in total. The van der Waals surface area contributed by atoms with Gasteiger partial charge in [0.25, 0.3) is 0 Å². The number of fused-ring (bicyclic) bond motifs is 1. The number of nitrogens with one attached hydrogen (secondary N) is 1. The number of nitrogen functional groups attached to an aromatic ring is 1. The minimum Gasteiger partial charge on any atom is -0.368 e. The normalized spacial score (nSPS) is 11.0. The number of rotatable bonds is 4. The van der Waals surface area contributed by atoms with Crippen LogP contribution in [0.15, 0.2) is 54.9 Å². The highest BCUT2D eigenvalue weighted by Gasteiger charge is 2.09. The van der Waals surface area contributed by atoms with Gasteiger partial charge in [-0.3, -0.25) is 0 Å². The van der Waals surface area contributed by atoms with Crippen molar-refractivity contribution in [2.75, 3.05) is 11.1 Å². The highest BCUT2D eigenvalue weighted by Crippen LogP contribution is 2.26. The molecule has 0 aliphatic rings. The van der Waals surface area contributed by atoms with Crippen molar-refractivity contribution in [2.24, 2.45) is 0 Å². The molecule has 130 valence electrons. The van der Waals surface area contributed by atoms with E-state index in [0.29, 0.717) is 12.4 Å². The van der Waals surface area contributed by atoms with E-state index in [1.165, 1.54) is 11.1 Å². The van der Waals surface area contributed by atoms with Crippen LogP contribution in [0.3, 0.4) is 0 Å². The molecule has 0 amide bonds. The Morgan fingerprint density at radius 2 is 1.92 bits per heavy atom. The lowest BCUT2D eigenvalue weighted by atomic mass is 10.0. The third kappa shape index (κ3) is 3.09. The van der Waals surface area contributed by atoms with Crippen LogP contribution < -0.4 is 11.1 Å². The molecule has 6 heteroatoms. The van der Waals surface area contributed by atoms with E-state index in [9.17, 15) is 0 Å². The Morgan fingerprint density at radius 3 is 2.77 bits per heavy atom. The number of nitrogens with zero attached hydrogens (tertiary/aromatic N) is 4. The summed E-state index contributed by atoms with van der Waals surface area (Å²) < 4.78 is 1.99. The number of nitrogens with two attached hydrogens (primary N) is 1. The summed E-state index contributed by atoms with van der Waals surface area (Å²) in [6, 6.07) is 14.0. The summed E-state index contributed by atoms with van der Waals surface area (Å²) in [6.45, 7) is 4.74. The first-order valence-electron chi connectivity index (χ1n) is 8.48. The van der Waals surface area contributed by atoms with E-state index in [0.717, 1.165) is 22.6 Å². The van der Waals surface area contributed by atoms with Crippen LogP contribution in [0.5, 0.6) is 0 Å². The highest BCUT2D eigenvalue weighted by atomic mass is 15.1. The van der Waals surface area contributed by atoms with Gasteiger partial charge in [-0.15, -0.1) is 0 Å². The zero-order chi connectivity index (χ0) is 18.1. The van der Waals surface area contributed by atoms with E-state index in [1.807, 2.05) is 47.1 Å². The lowest BCUT2D eigenvalue weighted by Gasteiger charge is -2.11. The van der Waals surface area contributed by atoms with Crippen molar-refractivity contribution < 1.29 is 0 Å². The van der Waals surface area contributed by atoms with Crippen LogP contribution in [0.4, 0.5) is 11.8 Å². The molecule has 0 fully saturated rings. The fourth-order valence-electron chi connectivity index (χ4n) is 2.98. The Labute approximate surface area is 151 Å². The van der Waals surface area contributed by atoms with Crippen LogP contribution in [-0.2, 0) is 6.54 Å². The smallest absolute Gasteiger partial charge is 0.222 e. The predicted molar refractivity (Wildman–Crippen MR) is 104 cm³/mol. The van der Waals surface area contributed by atoms with Crippen LogP contribution >= 0.6 is 0 Å². The van der Waals surface area contributed by atoms with Gasteiger partial charge in [0, 0.05) is 24.0 Å². The maximum atomic E-state index is 5.93. The number of pyridine rings is 1. The van der Waals surface area contributed by atoms with Crippen molar-refractivity contribution in [2.45, 2.75) is 20.4 Å². The first-order chi connectivity index (χ1) is 12.6. The molecule has 0 radical (unpaired) electrons. The van der Waals surface area contributed by atoms with Crippen molar-refractivity contribution in [1.29, 1.82) is 0 Å². The van der Waals surface area contributed by atoms with Gasteiger partial charge in [0.15, 0.2) is 0 Å². The largest absolute Gasteiger partial charge is 0.368 e. The number of hydrogen-bond donors (Lipinski definition) is 2. The van der Waals surface area contributed by atoms with Gasteiger partial charge in [0.2, 0.25) is 5.95 Å². The number of aryl methyl sites for hydroxylation is 1. The Bertz CT molecular complexity index is 1050. The number of aromatic nitrogens is 4. The van der Waals surface area contributed by atoms with Crippen LogP contribution in [0.1, 0.15) is 16.8 Å². The molecule has 0 atom stereocenters. The average Bonchev–Trinajstić information content (AvgIpc) is 3.05. The zero-order valence-corrected chi connectivity index (χ0v) is 14.8. The molecule has 3 aromatic heterocycles. The van der Waals surface area contributed by atoms with Crippen molar-refractivity contribution in [3.63, 3.8) is 0 Å². The van der Waals surface area contributed by atoms with Gasteiger partial charge >= 0.3 is 0 Å². The topological polar surface area (TPSA) is 81.1 Å². The van der Waals surface area contributed by atoms with Gasteiger partial charge in [-0.2, -0.15) is 4.98 Å². The van der Waals surface area contributed by atoms with Crippen molar-refractivity contribution >= 4 is 17.4 Å². The van der Waals surface area contributed by atoms with Crippen molar-refractivity contribution in [1.82, 2.24) is 19.4 Å². The van der Waals surface area contributed by atoms with Crippen LogP contribution in [0.2, 0.25) is 0 Å². The fraction of sp³-hybridized carbons (Fsp3) is 0.150. The second-order valence-corrected chi connectivity index (χ2v) is 6.30. The Kier molecular flexibility index (Phi) is 4.01. The molecule has 0 aliphatic carbocycles. The first kappa shape index (κ1) is 16.1. The van der Waals surface area contributed by atoms with E-state index in [1.54, 1.807) is 0 Å². The van der Waals surface area contributed by atoms with Crippen LogP contribution in [-0.4, -0.2) is 19.4 Å². The molecular weight excluding hydrogens is 324 g/mol. The van der Waals surface area contributed by atoms with E-state index >= 15 is 0 Å². The number of benzene rings is 1. The Hall–Kier alpha value is -3.41. The lowest BCUT2D eigenvalue weighted by molar-refractivity contribution is 1.05. The summed E-state index contributed by atoms with van der Waals surface area (Å²) in [5, 5.41) is 3.30. The SMILES string of the molecule is Cc1cccc(-c2cc(NCc3cn4ccccc4n3)nc(N)n2)c1C. The molecule has 26 heavy (non-hydrogen) atoms. The fourth-order valence-corrected chi connectivity index (χ4v) is 2.98. The number of imidazole rings is 1. The Balaban J connectivity index is 1.61. The summed E-state index contributed by atoms with van der Waals surface area (Å²) in [6.07, 6.45) is 3.98. The molecule has 3 heterocycles. The summed E-state index contributed by atoms with van der Waals surface area (Å²) >= 11 is 0. The van der Waals surface area contributed by atoms with Crippen LogP contribution in [0, 0.1) is 13.8 Å². The van der Waals surface area contributed by atoms with E-state index < -0.39 is 0 Å². The van der Waals surface area contributed by atoms with Gasteiger partial charge in [-0.25, -0.2) is 9.97 Å². The number of hydrogen-bond acceptors (Lipinski definition) is 5. The molecule has 0 bridgehead atoms. The predicted octanol–water partition coefficient (Wildman–Crippen LogP) is 3.60. The second kappa shape index (κ2) is 6.48. The molecule has 0 saturated heterocycles. The summed E-state index contributed by atoms with van der Waals surface area (Å²) in [7, 11) is 0. The van der Waals surface area contributed by atoms with E-state index in [4.69, 9.17) is 5.73 Å². The summed E-state index contributed by atoms with van der Waals surface area (Å²) in [5.74, 6) is 0.936. The maximum absolute atomic E-state index is 5.93. The molecule has 0 aliphatic heterocycles. The summed E-state index contributed by atoms with van der Waals surface area (Å²) in [4.78, 5) is 13.3. The van der Waals surface area contributed by atoms with Crippen molar-refractivity contribution in [3.05, 3.63) is 71.7 Å². The maximum Gasteiger partial charge on any atom is 0.222 e. The Morgan fingerprint density at radius 1 is 1.04 bits per heavy atom. The first-order valence-corrected chi connectivity index (χ1v) is 8.48. The van der Waals surface area contributed by atoms with E-state index in [-0.39, 0.29) is 5.95 Å². The molecule has 1 aromatic carbocycles. The third-order valence-electron chi connectivity index (χ3n) is 4.49. The summed E-state index contributed by atoms with van der Waals surface area (Å²) in [5.41, 5.74) is 12.1. The van der Waals surface area contributed by atoms with Gasteiger partial charge in [0.1, 0.15) is 11.5 Å². The minimum absolute atomic E-state index is 0.251. The minimum atomic E-state index is 0.251. The van der Waals surface area contributed by atoms with Crippen LogP contribution in [0.25, 0.3) is 16.9 Å². The highest BCUT2D eigenvalue weighted by molar-refractivity contribution is 5.68. The van der Waals surface area contributed by atoms with Gasteiger partial charge in [0.05, 0.1) is 17.9 Å². The molecule has 0 unspecified atom stereocenters. The third-order valence-corrected chi connectivity index (χ3v) is 4.49.